The van der Waals surface area contributed by atoms with E-state index in [9.17, 15) is 0 Å². The molecule has 1 aliphatic rings. The number of aromatic nitrogens is 1. The molecule has 1 aromatic heterocycles. The maximum atomic E-state index is 5.88. The van der Waals surface area contributed by atoms with Crippen LogP contribution in [-0.2, 0) is 4.74 Å². The Bertz CT molecular complexity index is 421. The lowest BCUT2D eigenvalue weighted by atomic mass is 10.00. The monoisotopic (exact) mass is 279 g/mol. The number of hydrogen-bond donors (Lipinski definition) is 2. The van der Waals surface area contributed by atoms with Crippen LogP contribution >= 0.6 is 0 Å². The first-order chi connectivity index (χ1) is 9.65. The molecule has 1 aliphatic carbocycles. The van der Waals surface area contributed by atoms with E-state index in [1.807, 2.05) is 33.0 Å². The van der Waals surface area contributed by atoms with Gasteiger partial charge in [-0.15, -0.1) is 0 Å². The van der Waals surface area contributed by atoms with Crippen LogP contribution in [0.2, 0.25) is 0 Å². The van der Waals surface area contributed by atoms with Crippen molar-refractivity contribution in [1.29, 1.82) is 0 Å². The number of nitrogens with zero attached hydrogens (tertiary/aromatic N) is 1. The molecule has 0 spiro atoms. The van der Waals surface area contributed by atoms with Gasteiger partial charge in [0.15, 0.2) is 0 Å². The van der Waals surface area contributed by atoms with Crippen molar-refractivity contribution in [2.24, 2.45) is 11.8 Å². The van der Waals surface area contributed by atoms with Crippen LogP contribution in [0.1, 0.15) is 45.2 Å². The maximum Gasteiger partial charge on any atom is 0.138 e. The Morgan fingerprint density at radius 2 is 2.15 bits per heavy atom. The Balaban J connectivity index is 2.16. The number of ether oxygens (including phenoxy) is 2. The van der Waals surface area contributed by atoms with E-state index in [-0.39, 0.29) is 18.2 Å². The van der Waals surface area contributed by atoms with Crippen molar-refractivity contribution in [3.05, 3.63) is 24.0 Å². The van der Waals surface area contributed by atoms with E-state index < -0.39 is 0 Å². The van der Waals surface area contributed by atoms with Gasteiger partial charge in [0, 0.05) is 12.8 Å². The lowest BCUT2D eigenvalue weighted by Gasteiger charge is -2.27. The summed E-state index contributed by atoms with van der Waals surface area (Å²) in [6.45, 7) is 6.70. The fourth-order valence-electron chi connectivity index (χ4n) is 2.44. The molecule has 0 aliphatic heterocycles. The smallest absolute Gasteiger partial charge is 0.138 e. The summed E-state index contributed by atoms with van der Waals surface area (Å²) in [5.41, 5.74) is 3.89. The molecule has 112 valence electrons. The maximum absolute atomic E-state index is 5.88. The van der Waals surface area contributed by atoms with Crippen LogP contribution in [0.25, 0.3) is 0 Å². The minimum absolute atomic E-state index is 0.0503. The van der Waals surface area contributed by atoms with Crippen LogP contribution in [0.3, 0.4) is 0 Å². The summed E-state index contributed by atoms with van der Waals surface area (Å²) in [6.07, 6.45) is 6.19. The molecule has 0 radical (unpaired) electrons. The lowest BCUT2D eigenvalue weighted by molar-refractivity contribution is 0.0184. The third-order valence-electron chi connectivity index (χ3n) is 3.42. The molecular weight excluding hydrogens is 254 g/mol. The number of hydrazine groups is 1. The van der Waals surface area contributed by atoms with Crippen molar-refractivity contribution in [2.45, 2.75) is 51.9 Å². The molecule has 20 heavy (non-hydrogen) atoms. The topological polar surface area (TPSA) is 69.4 Å². The van der Waals surface area contributed by atoms with Gasteiger partial charge in [0.2, 0.25) is 0 Å². The Kier molecular flexibility index (Phi) is 5.34. The molecule has 1 heterocycles. The lowest BCUT2D eigenvalue weighted by Crippen LogP contribution is -2.39. The average molecular weight is 279 g/mol. The number of nitrogens with two attached hydrogens (primary N) is 1. The van der Waals surface area contributed by atoms with Crippen molar-refractivity contribution in [3.8, 4) is 5.75 Å². The van der Waals surface area contributed by atoms with Crippen LogP contribution in [0.15, 0.2) is 18.5 Å². The first-order valence-corrected chi connectivity index (χ1v) is 7.35. The second-order valence-electron chi connectivity index (χ2n) is 5.52. The molecule has 0 saturated heterocycles. The van der Waals surface area contributed by atoms with Crippen LogP contribution in [0, 0.1) is 5.92 Å². The molecule has 0 amide bonds. The predicted molar refractivity (Wildman–Crippen MR) is 78.2 cm³/mol. The third-order valence-corrected chi connectivity index (χ3v) is 3.42. The summed E-state index contributed by atoms with van der Waals surface area (Å²) >= 11 is 0. The molecular formula is C15H25N3O2. The minimum atomic E-state index is -0.0503. The van der Waals surface area contributed by atoms with Crippen LogP contribution in [0.5, 0.6) is 5.75 Å². The van der Waals surface area contributed by atoms with E-state index >= 15 is 0 Å². The zero-order valence-corrected chi connectivity index (χ0v) is 12.5. The van der Waals surface area contributed by atoms with Gasteiger partial charge in [-0.05, 0) is 51.2 Å². The van der Waals surface area contributed by atoms with Gasteiger partial charge in [0.1, 0.15) is 5.75 Å². The molecule has 0 bridgehead atoms. The fourth-order valence-corrected chi connectivity index (χ4v) is 2.44. The highest BCUT2D eigenvalue weighted by Gasteiger charge is 2.37. The van der Waals surface area contributed by atoms with Gasteiger partial charge in [0.25, 0.3) is 0 Å². The predicted octanol–water partition coefficient (Wildman–Crippen LogP) is 2.19. The van der Waals surface area contributed by atoms with Crippen LogP contribution in [-0.4, -0.2) is 23.8 Å². The highest BCUT2D eigenvalue weighted by molar-refractivity contribution is 5.27. The van der Waals surface area contributed by atoms with Gasteiger partial charge in [-0.1, -0.05) is 0 Å². The van der Waals surface area contributed by atoms with Crippen LogP contribution in [0.4, 0.5) is 0 Å². The molecule has 0 aromatic carbocycles. The highest BCUT2D eigenvalue weighted by Crippen LogP contribution is 2.40. The van der Waals surface area contributed by atoms with E-state index in [4.69, 9.17) is 15.3 Å². The van der Waals surface area contributed by atoms with Crippen molar-refractivity contribution >= 4 is 0 Å². The van der Waals surface area contributed by atoms with E-state index in [0.717, 1.165) is 11.3 Å². The highest BCUT2D eigenvalue weighted by atomic mass is 16.5. The molecule has 1 aromatic rings. The van der Waals surface area contributed by atoms with Crippen molar-refractivity contribution in [1.82, 2.24) is 10.4 Å². The van der Waals surface area contributed by atoms with E-state index in [1.54, 1.807) is 6.20 Å². The molecule has 2 unspecified atom stereocenters. The van der Waals surface area contributed by atoms with E-state index in [1.165, 1.54) is 12.8 Å². The average Bonchev–Trinajstić information content (AvgIpc) is 3.22. The number of pyridine rings is 1. The summed E-state index contributed by atoms with van der Waals surface area (Å²) in [4.78, 5) is 4.25. The Labute approximate surface area is 120 Å². The zero-order chi connectivity index (χ0) is 14.5. The van der Waals surface area contributed by atoms with Gasteiger partial charge in [-0.25, -0.2) is 0 Å². The molecule has 2 atom stereocenters. The van der Waals surface area contributed by atoms with Gasteiger partial charge < -0.3 is 9.47 Å². The molecule has 5 heteroatoms. The van der Waals surface area contributed by atoms with E-state index in [0.29, 0.717) is 12.5 Å². The largest absolute Gasteiger partial charge is 0.489 e. The number of rotatable bonds is 8. The second kappa shape index (κ2) is 7.02. The number of hydrogen-bond acceptors (Lipinski definition) is 5. The third kappa shape index (κ3) is 3.91. The SMILES string of the molecule is CCOC(C1CC1)C(NN)c1cncc(OC(C)C)c1. The number of nitrogens with one attached hydrogen (secondary N) is 1. The zero-order valence-electron chi connectivity index (χ0n) is 12.5. The Hall–Kier alpha value is -1.17. The van der Waals surface area contributed by atoms with Gasteiger partial charge in [-0.3, -0.25) is 16.3 Å². The van der Waals surface area contributed by atoms with Crippen LogP contribution < -0.4 is 16.0 Å². The summed E-state index contributed by atoms with van der Waals surface area (Å²) < 4.78 is 11.6. The molecule has 1 saturated carbocycles. The Morgan fingerprint density at radius 3 is 2.70 bits per heavy atom. The van der Waals surface area contributed by atoms with Gasteiger partial charge in [0.05, 0.1) is 24.4 Å². The van der Waals surface area contributed by atoms with Crippen molar-refractivity contribution in [2.75, 3.05) is 6.61 Å². The summed E-state index contributed by atoms with van der Waals surface area (Å²) in [7, 11) is 0. The van der Waals surface area contributed by atoms with Crippen molar-refractivity contribution in [3.63, 3.8) is 0 Å². The minimum Gasteiger partial charge on any atom is -0.489 e. The van der Waals surface area contributed by atoms with Gasteiger partial charge in [-0.2, -0.15) is 0 Å². The first kappa shape index (κ1) is 15.2. The summed E-state index contributed by atoms with van der Waals surface area (Å²) in [5, 5.41) is 0. The molecule has 2 rings (SSSR count). The first-order valence-electron chi connectivity index (χ1n) is 7.35. The second-order valence-corrected chi connectivity index (χ2v) is 5.52. The summed E-state index contributed by atoms with van der Waals surface area (Å²) in [5.74, 6) is 7.11. The molecule has 3 N–H and O–H groups in total. The molecule has 1 fully saturated rings. The normalized spacial score (nSPS) is 18.1. The quantitative estimate of drug-likeness (QED) is 0.564. The van der Waals surface area contributed by atoms with E-state index in [2.05, 4.69) is 10.4 Å². The Morgan fingerprint density at radius 1 is 1.40 bits per heavy atom. The van der Waals surface area contributed by atoms with Crippen molar-refractivity contribution < 1.29 is 9.47 Å². The summed E-state index contributed by atoms with van der Waals surface area (Å²) in [6, 6.07) is 1.94. The fraction of sp³-hybridized carbons (Fsp3) is 0.667. The van der Waals surface area contributed by atoms with Gasteiger partial charge >= 0.3 is 0 Å². The molecule has 5 nitrogen and oxygen atoms in total. The standard InChI is InChI=1S/C15H25N3O2/c1-4-19-15(11-5-6-11)14(18-16)12-7-13(9-17-8-12)20-10(2)3/h7-11,14-15,18H,4-6,16H2,1-3H3.